The summed E-state index contributed by atoms with van der Waals surface area (Å²) in [5.41, 5.74) is 7.68. The number of imidazole rings is 1. The van der Waals surface area contributed by atoms with Gasteiger partial charge >= 0.3 is 0 Å². The molecule has 6 heteroatoms. The van der Waals surface area contributed by atoms with E-state index in [4.69, 9.17) is 5.73 Å². The van der Waals surface area contributed by atoms with Gasteiger partial charge in [-0.1, -0.05) is 6.07 Å². The van der Waals surface area contributed by atoms with Crippen LogP contribution in [0.4, 0.5) is 0 Å². The van der Waals surface area contributed by atoms with Crippen LogP contribution in [0.15, 0.2) is 53.0 Å². The lowest BCUT2D eigenvalue weighted by Crippen LogP contribution is -2.01. The molecule has 0 aromatic carbocycles. The molecule has 0 amide bonds. The van der Waals surface area contributed by atoms with Gasteiger partial charge in [0.25, 0.3) is 0 Å². The standard InChI is InChI=1S/C12H11N5S/c13-7-9-12(18-11-8-14-4-5-15-11)16-10-3-1-2-6-17(9)10/h1-6,8H,7,13H2. The van der Waals surface area contributed by atoms with Gasteiger partial charge in [-0.05, 0) is 23.9 Å². The summed E-state index contributed by atoms with van der Waals surface area (Å²) < 4.78 is 2.00. The van der Waals surface area contributed by atoms with E-state index in [1.54, 1.807) is 18.6 Å². The Hall–Kier alpha value is -1.92. The van der Waals surface area contributed by atoms with Crippen molar-refractivity contribution in [3.8, 4) is 0 Å². The molecule has 5 nitrogen and oxygen atoms in total. The predicted molar refractivity (Wildman–Crippen MR) is 69.2 cm³/mol. The zero-order valence-corrected chi connectivity index (χ0v) is 10.3. The smallest absolute Gasteiger partial charge is 0.138 e. The minimum Gasteiger partial charge on any atom is -0.325 e. The maximum absolute atomic E-state index is 5.80. The first kappa shape index (κ1) is 11.2. The first-order valence-corrected chi connectivity index (χ1v) is 6.30. The Morgan fingerprint density at radius 3 is 3.00 bits per heavy atom. The molecule has 0 aliphatic rings. The molecular formula is C12H11N5S. The van der Waals surface area contributed by atoms with Gasteiger partial charge in [0.15, 0.2) is 0 Å². The normalized spacial score (nSPS) is 10.9. The van der Waals surface area contributed by atoms with Crippen LogP contribution in [-0.4, -0.2) is 19.4 Å². The van der Waals surface area contributed by atoms with Crippen molar-refractivity contribution in [3.05, 3.63) is 48.7 Å². The van der Waals surface area contributed by atoms with Crippen molar-refractivity contribution in [2.75, 3.05) is 0 Å². The fourth-order valence-electron chi connectivity index (χ4n) is 1.73. The van der Waals surface area contributed by atoms with Crippen LogP contribution in [0.5, 0.6) is 0 Å². The van der Waals surface area contributed by atoms with E-state index in [-0.39, 0.29) is 0 Å². The Morgan fingerprint density at radius 2 is 2.22 bits per heavy atom. The highest BCUT2D eigenvalue weighted by atomic mass is 32.2. The third kappa shape index (κ3) is 1.96. The Balaban J connectivity index is 2.06. The summed E-state index contributed by atoms with van der Waals surface area (Å²) in [5, 5.41) is 1.69. The van der Waals surface area contributed by atoms with Crippen molar-refractivity contribution in [3.63, 3.8) is 0 Å². The second kappa shape index (κ2) is 4.75. The van der Waals surface area contributed by atoms with Gasteiger partial charge in [0, 0.05) is 25.1 Å². The van der Waals surface area contributed by atoms with E-state index in [1.807, 2.05) is 28.8 Å². The number of aromatic nitrogens is 4. The number of hydrogen-bond acceptors (Lipinski definition) is 5. The molecule has 0 aliphatic carbocycles. The van der Waals surface area contributed by atoms with Gasteiger partial charge in [0.1, 0.15) is 15.7 Å². The Morgan fingerprint density at radius 1 is 1.28 bits per heavy atom. The van der Waals surface area contributed by atoms with Crippen LogP contribution in [0.25, 0.3) is 5.65 Å². The quantitative estimate of drug-likeness (QED) is 0.774. The zero-order chi connectivity index (χ0) is 12.4. The molecule has 18 heavy (non-hydrogen) atoms. The minimum absolute atomic E-state index is 0.438. The number of pyridine rings is 1. The van der Waals surface area contributed by atoms with Crippen LogP contribution in [0.2, 0.25) is 0 Å². The summed E-state index contributed by atoms with van der Waals surface area (Å²) >= 11 is 1.48. The fraction of sp³-hybridized carbons (Fsp3) is 0.0833. The van der Waals surface area contributed by atoms with Gasteiger partial charge in [-0.15, -0.1) is 0 Å². The Labute approximate surface area is 108 Å². The summed E-state index contributed by atoms with van der Waals surface area (Å²) in [6, 6.07) is 5.88. The molecule has 90 valence electrons. The number of rotatable bonds is 3. The van der Waals surface area contributed by atoms with Crippen molar-refractivity contribution in [2.24, 2.45) is 5.73 Å². The SMILES string of the molecule is NCc1c(Sc2cnccn2)nc2ccccn12. The third-order valence-corrected chi connectivity index (χ3v) is 3.47. The van der Waals surface area contributed by atoms with Gasteiger partial charge in [-0.3, -0.25) is 4.98 Å². The molecule has 0 radical (unpaired) electrons. The maximum atomic E-state index is 5.80. The van der Waals surface area contributed by atoms with Crippen LogP contribution < -0.4 is 5.73 Å². The molecule has 0 bridgehead atoms. The second-order valence-electron chi connectivity index (χ2n) is 3.64. The average molecular weight is 257 g/mol. The lowest BCUT2D eigenvalue weighted by molar-refractivity contribution is 0.918. The van der Waals surface area contributed by atoms with Crippen LogP contribution in [-0.2, 0) is 6.54 Å². The highest BCUT2D eigenvalue weighted by Crippen LogP contribution is 2.28. The molecule has 3 aromatic heterocycles. The van der Waals surface area contributed by atoms with E-state index in [0.29, 0.717) is 6.54 Å². The molecule has 3 heterocycles. The Kier molecular flexibility index (Phi) is 2.95. The van der Waals surface area contributed by atoms with E-state index in [0.717, 1.165) is 21.4 Å². The molecule has 2 N–H and O–H groups in total. The first-order valence-electron chi connectivity index (χ1n) is 5.48. The summed E-state index contributed by atoms with van der Waals surface area (Å²) in [4.78, 5) is 12.8. The number of fused-ring (bicyclic) bond motifs is 1. The van der Waals surface area contributed by atoms with Gasteiger partial charge < -0.3 is 10.1 Å². The van der Waals surface area contributed by atoms with E-state index in [2.05, 4.69) is 15.0 Å². The summed E-state index contributed by atoms with van der Waals surface area (Å²) in [6.45, 7) is 0.438. The topological polar surface area (TPSA) is 69.1 Å². The largest absolute Gasteiger partial charge is 0.325 e. The van der Waals surface area contributed by atoms with Crippen molar-refractivity contribution < 1.29 is 0 Å². The summed E-state index contributed by atoms with van der Waals surface area (Å²) in [5.74, 6) is 0. The van der Waals surface area contributed by atoms with Crippen LogP contribution >= 0.6 is 11.8 Å². The molecule has 0 atom stereocenters. The van der Waals surface area contributed by atoms with Crippen molar-refractivity contribution in [1.82, 2.24) is 19.4 Å². The van der Waals surface area contributed by atoms with E-state index in [9.17, 15) is 0 Å². The molecule has 0 spiro atoms. The highest BCUT2D eigenvalue weighted by Gasteiger charge is 2.12. The summed E-state index contributed by atoms with van der Waals surface area (Å²) in [7, 11) is 0. The molecule has 0 fully saturated rings. The zero-order valence-electron chi connectivity index (χ0n) is 9.52. The fourth-order valence-corrected chi connectivity index (χ4v) is 2.59. The monoisotopic (exact) mass is 257 g/mol. The third-order valence-electron chi connectivity index (χ3n) is 2.53. The van der Waals surface area contributed by atoms with Crippen molar-refractivity contribution in [2.45, 2.75) is 16.6 Å². The number of nitrogens with two attached hydrogens (primary N) is 1. The molecule has 0 unspecified atom stereocenters. The Bertz CT molecular complexity index is 665. The molecule has 3 rings (SSSR count). The minimum atomic E-state index is 0.438. The molecule has 0 aliphatic heterocycles. The van der Waals surface area contributed by atoms with Crippen LogP contribution in [0, 0.1) is 0 Å². The van der Waals surface area contributed by atoms with Gasteiger partial charge in [0.05, 0.1) is 11.9 Å². The number of hydrogen-bond donors (Lipinski definition) is 1. The molecule has 0 saturated carbocycles. The average Bonchev–Trinajstić information content (AvgIpc) is 2.77. The van der Waals surface area contributed by atoms with Crippen LogP contribution in [0.3, 0.4) is 0 Å². The first-order chi connectivity index (χ1) is 8.88. The summed E-state index contributed by atoms with van der Waals surface area (Å²) in [6.07, 6.45) is 7.00. The van der Waals surface area contributed by atoms with Gasteiger partial charge in [-0.25, -0.2) is 9.97 Å². The molecule has 0 saturated heterocycles. The van der Waals surface area contributed by atoms with Crippen molar-refractivity contribution >= 4 is 17.4 Å². The lowest BCUT2D eigenvalue weighted by atomic mass is 10.4. The van der Waals surface area contributed by atoms with Gasteiger partial charge in [0.2, 0.25) is 0 Å². The van der Waals surface area contributed by atoms with E-state index < -0.39 is 0 Å². The van der Waals surface area contributed by atoms with Crippen molar-refractivity contribution in [1.29, 1.82) is 0 Å². The highest BCUT2D eigenvalue weighted by molar-refractivity contribution is 7.99. The van der Waals surface area contributed by atoms with E-state index >= 15 is 0 Å². The predicted octanol–water partition coefficient (Wildman–Crippen LogP) is 1.73. The van der Waals surface area contributed by atoms with Crippen LogP contribution in [0.1, 0.15) is 5.69 Å². The molecule has 3 aromatic rings. The lowest BCUT2D eigenvalue weighted by Gasteiger charge is -2.00. The number of nitrogens with zero attached hydrogens (tertiary/aromatic N) is 4. The van der Waals surface area contributed by atoms with Gasteiger partial charge in [-0.2, -0.15) is 0 Å². The molecular weight excluding hydrogens is 246 g/mol. The maximum Gasteiger partial charge on any atom is 0.138 e. The van der Waals surface area contributed by atoms with E-state index in [1.165, 1.54) is 11.8 Å². The second-order valence-corrected chi connectivity index (χ2v) is 4.65.